The fourth-order valence-electron chi connectivity index (χ4n) is 4.30. The second-order valence-electron chi connectivity index (χ2n) is 7.79. The predicted octanol–water partition coefficient (Wildman–Crippen LogP) is 2.44. The number of hydrogen-bond donors (Lipinski definition) is 1. The molecule has 0 bridgehead atoms. The van der Waals surface area contributed by atoms with Crippen LogP contribution in [-0.2, 0) is 14.8 Å². The SMILES string of the molecule is CC[C@@H]1COCCN1C[C@H]1CN(S(=O)(=O)c2cccs2)CCN1c1ccc(O)cc1. The first-order valence-electron chi connectivity index (χ1n) is 10.4. The van der Waals surface area contributed by atoms with E-state index in [0.717, 1.165) is 31.8 Å². The zero-order valence-electron chi connectivity index (χ0n) is 17.2. The molecular weight excluding hydrogens is 422 g/mol. The van der Waals surface area contributed by atoms with E-state index in [0.29, 0.717) is 36.5 Å². The zero-order valence-corrected chi connectivity index (χ0v) is 18.8. The van der Waals surface area contributed by atoms with E-state index in [1.165, 1.54) is 11.3 Å². The fourth-order valence-corrected chi connectivity index (χ4v) is 6.91. The number of aromatic hydroxyl groups is 1. The summed E-state index contributed by atoms with van der Waals surface area (Å²) in [6.45, 7) is 6.72. The second-order valence-corrected chi connectivity index (χ2v) is 10.9. The third-order valence-electron chi connectivity index (χ3n) is 5.98. The van der Waals surface area contributed by atoms with Gasteiger partial charge in [-0.05, 0) is 42.1 Å². The largest absolute Gasteiger partial charge is 0.508 e. The van der Waals surface area contributed by atoms with Crippen molar-refractivity contribution in [3.8, 4) is 5.75 Å². The lowest BCUT2D eigenvalue weighted by Gasteiger charge is -2.46. The Kier molecular flexibility index (Phi) is 6.64. The van der Waals surface area contributed by atoms with Gasteiger partial charge in [0.2, 0.25) is 0 Å². The van der Waals surface area contributed by atoms with Crippen LogP contribution in [0.1, 0.15) is 13.3 Å². The van der Waals surface area contributed by atoms with Crippen molar-refractivity contribution in [1.29, 1.82) is 0 Å². The minimum Gasteiger partial charge on any atom is -0.508 e. The number of morpholine rings is 1. The first kappa shape index (κ1) is 21.6. The summed E-state index contributed by atoms with van der Waals surface area (Å²) in [6.07, 6.45) is 1.00. The summed E-state index contributed by atoms with van der Waals surface area (Å²) in [5.74, 6) is 0.230. The average molecular weight is 452 g/mol. The van der Waals surface area contributed by atoms with Crippen LogP contribution in [0.25, 0.3) is 0 Å². The first-order chi connectivity index (χ1) is 14.5. The Morgan fingerprint density at radius 3 is 2.63 bits per heavy atom. The molecule has 7 nitrogen and oxygen atoms in total. The Balaban J connectivity index is 1.59. The van der Waals surface area contributed by atoms with Crippen molar-refractivity contribution in [3.05, 3.63) is 41.8 Å². The summed E-state index contributed by atoms with van der Waals surface area (Å²) < 4.78 is 34.0. The van der Waals surface area contributed by atoms with Crippen LogP contribution in [-0.4, -0.2) is 80.8 Å². The summed E-state index contributed by atoms with van der Waals surface area (Å²) >= 11 is 1.27. The quantitative estimate of drug-likeness (QED) is 0.727. The molecule has 0 aliphatic carbocycles. The van der Waals surface area contributed by atoms with Gasteiger partial charge in [0.1, 0.15) is 9.96 Å². The number of piperazine rings is 1. The van der Waals surface area contributed by atoms with E-state index >= 15 is 0 Å². The van der Waals surface area contributed by atoms with Gasteiger partial charge in [-0.1, -0.05) is 13.0 Å². The van der Waals surface area contributed by atoms with Gasteiger partial charge in [0, 0.05) is 44.5 Å². The molecule has 3 heterocycles. The van der Waals surface area contributed by atoms with E-state index in [1.54, 1.807) is 34.0 Å². The van der Waals surface area contributed by atoms with Crippen molar-refractivity contribution < 1.29 is 18.3 Å². The molecule has 2 saturated heterocycles. The number of sulfonamides is 1. The van der Waals surface area contributed by atoms with Crippen LogP contribution in [0, 0.1) is 0 Å². The standard InChI is InChI=1S/C21H29N3O4S2/c1-2-17-16-28-12-11-22(17)14-19-15-23(30(26,27)21-4-3-13-29-21)9-10-24(19)18-5-7-20(25)8-6-18/h3-8,13,17,19,25H,2,9-12,14-16H2,1H3/t17-,19+/m1/s1. The van der Waals surface area contributed by atoms with E-state index < -0.39 is 10.0 Å². The summed E-state index contributed by atoms with van der Waals surface area (Å²) in [6, 6.07) is 11.0. The Labute approximate surface area is 182 Å². The minimum absolute atomic E-state index is 0.0187. The molecule has 1 aromatic heterocycles. The number of hydrogen-bond acceptors (Lipinski definition) is 7. The lowest BCUT2D eigenvalue weighted by Crippen LogP contribution is -2.60. The molecule has 2 aliphatic heterocycles. The van der Waals surface area contributed by atoms with Crippen LogP contribution >= 0.6 is 11.3 Å². The molecule has 4 rings (SSSR count). The monoisotopic (exact) mass is 451 g/mol. The van der Waals surface area contributed by atoms with Crippen LogP contribution in [0.3, 0.4) is 0 Å². The lowest BCUT2D eigenvalue weighted by molar-refractivity contribution is -0.0126. The van der Waals surface area contributed by atoms with E-state index in [1.807, 2.05) is 12.1 Å². The maximum Gasteiger partial charge on any atom is 0.252 e. The van der Waals surface area contributed by atoms with Crippen molar-refractivity contribution in [3.63, 3.8) is 0 Å². The highest BCUT2D eigenvalue weighted by Gasteiger charge is 2.37. The van der Waals surface area contributed by atoms with Crippen LogP contribution in [0.5, 0.6) is 5.75 Å². The third-order valence-corrected chi connectivity index (χ3v) is 9.22. The van der Waals surface area contributed by atoms with E-state index in [4.69, 9.17) is 4.74 Å². The van der Waals surface area contributed by atoms with Crippen molar-refractivity contribution in [2.45, 2.75) is 29.6 Å². The van der Waals surface area contributed by atoms with Gasteiger partial charge < -0.3 is 14.7 Å². The lowest BCUT2D eigenvalue weighted by atomic mass is 10.1. The molecule has 164 valence electrons. The van der Waals surface area contributed by atoms with Gasteiger partial charge in [-0.15, -0.1) is 11.3 Å². The topological polar surface area (TPSA) is 73.3 Å². The molecule has 2 aliphatic rings. The minimum atomic E-state index is -3.48. The molecule has 0 amide bonds. The Bertz CT molecular complexity index is 918. The number of thiophene rings is 1. The summed E-state index contributed by atoms with van der Waals surface area (Å²) in [5, 5.41) is 11.5. The van der Waals surface area contributed by atoms with Crippen LogP contribution in [0.2, 0.25) is 0 Å². The van der Waals surface area contributed by atoms with Crippen molar-refractivity contribution in [2.24, 2.45) is 0 Å². The molecule has 2 atom stereocenters. The summed E-state index contributed by atoms with van der Waals surface area (Å²) in [4.78, 5) is 4.71. The van der Waals surface area contributed by atoms with Gasteiger partial charge >= 0.3 is 0 Å². The van der Waals surface area contributed by atoms with E-state index in [9.17, 15) is 13.5 Å². The highest BCUT2D eigenvalue weighted by atomic mass is 32.2. The molecular formula is C21H29N3O4S2. The number of phenolic OH excluding ortho intramolecular Hbond substituents is 1. The Morgan fingerprint density at radius 2 is 1.93 bits per heavy atom. The maximum absolute atomic E-state index is 13.1. The zero-order chi connectivity index (χ0) is 21.1. The number of rotatable bonds is 6. The van der Waals surface area contributed by atoms with Crippen LogP contribution in [0.15, 0.2) is 46.0 Å². The molecule has 30 heavy (non-hydrogen) atoms. The predicted molar refractivity (Wildman–Crippen MR) is 119 cm³/mol. The van der Waals surface area contributed by atoms with Crippen molar-refractivity contribution in [2.75, 3.05) is 50.8 Å². The van der Waals surface area contributed by atoms with E-state index in [-0.39, 0.29) is 11.8 Å². The number of nitrogens with zero attached hydrogens (tertiary/aromatic N) is 3. The van der Waals surface area contributed by atoms with Crippen LogP contribution < -0.4 is 4.90 Å². The summed E-state index contributed by atoms with van der Waals surface area (Å²) in [5.41, 5.74) is 1.01. The normalized spacial score (nSPS) is 24.2. The Morgan fingerprint density at radius 1 is 1.13 bits per heavy atom. The molecule has 9 heteroatoms. The van der Waals surface area contributed by atoms with Crippen molar-refractivity contribution >= 4 is 27.0 Å². The molecule has 2 aromatic rings. The van der Waals surface area contributed by atoms with Gasteiger partial charge in [-0.25, -0.2) is 8.42 Å². The highest BCUT2D eigenvalue weighted by Crippen LogP contribution is 2.28. The smallest absolute Gasteiger partial charge is 0.252 e. The number of anilines is 1. The molecule has 0 spiro atoms. The fraction of sp³-hybridized carbons (Fsp3) is 0.524. The molecule has 2 fully saturated rings. The molecule has 1 N–H and O–H groups in total. The van der Waals surface area contributed by atoms with Crippen molar-refractivity contribution in [1.82, 2.24) is 9.21 Å². The van der Waals surface area contributed by atoms with Gasteiger partial charge in [0.05, 0.1) is 19.3 Å². The molecule has 0 unspecified atom stereocenters. The van der Waals surface area contributed by atoms with E-state index in [2.05, 4.69) is 16.7 Å². The highest BCUT2D eigenvalue weighted by molar-refractivity contribution is 7.91. The van der Waals surface area contributed by atoms with Crippen LogP contribution in [0.4, 0.5) is 5.69 Å². The molecule has 0 saturated carbocycles. The summed E-state index contributed by atoms with van der Waals surface area (Å²) in [7, 11) is -3.48. The first-order valence-corrected chi connectivity index (χ1v) is 12.7. The number of ether oxygens (including phenoxy) is 1. The molecule has 0 radical (unpaired) electrons. The van der Waals surface area contributed by atoms with Gasteiger partial charge in [0.25, 0.3) is 10.0 Å². The maximum atomic E-state index is 13.1. The number of benzene rings is 1. The average Bonchev–Trinajstić information content (AvgIpc) is 3.31. The molecule has 1 aromatic carbocycles. The third kappa shape index (κ3) is 4.50. The number of phenols is 1. The Hall–Kier alpha value is -1.65. The van der Waals surface area contributed by atoms with Gasteiger partial charge in [-0.3, -0.25) is 4.90 Å². The second kappa shape index (κ2) is 9.23. The van der Waals surface area contributed by atoms with Gasteiger partial charge in [0.15, 0.2) is 0 Å². The van der Waals surface area contributed by atoms with Gasteiger partial charge in [-0.2, -0.15) is 4.31 Å².